The molecule has 4 aromatic carbocycles. The predicted molar refractivity (Wildman–Crippen MR) is 224 cm³/mol. The molecule has 6 heteroatoms. The normalized spacial score (nSPS) is 20.0. The molecule has 2 heterocycles. The molecule has 8 rings (SSSR count). The van der Waals surface area contributed by atoms with Gasteiger partial charge >= 0.3 is 0 Å². The Labute approximate surface area is 325 Å². The third-order valence-electron chi connectivity index (χ3n) is 12.4. The zero-order chi connectivity index (χ0) is 38.1. The van der Waals surface area contributed by atoms with Crippen molar-refractivity contribution >= 4 is 33.6 Å². The third-order valence-corrected chi connectivity index (χ3v) is 12.4. The lowest BCUT2D eigenvalue weighted by Crippen LogP contribution is -2.39. The summed E-state index contributed by atoms with van der Waals surface area (Å²) in [5.41, 5.74) is 11.2. The molecule has 2 aliphatic carbocycles. The summed E-state index contributed by atoms with van der Waals surface area (Å²) in [6.45, 7) is 8.23. The largest absolute Gasteiger partial charge is 0.349 e. The average molecular weight is 729 g/mol. The number of pyridine rings is 2. The Morgan fingerprint density at radius 1 is 0.509 bits per heavy atom. The Bertz CT molecular complexity index is 2180. The highest BCUT2D eigenvalue weighted by molar-refractivity contribution is 6.10. The lowest BCUT2D eigenvalue weighted by molar-refractivity contribution is 0.0919. The van der Waals surface area contributed by atoms with Crippen molar-refractivity contribution in [2.45, 2.75) is 97.6 Å². The maximum atomic E-state index is 14.0. The molecule has 0 aliphatic heterocycles. The SMILES string of the molecule is Cc1ccc(-c2nc3ccccc3c(C(=O)NC3CCC(CC4CCC(NC(=O)c5c(C)c(-c6ccc(C)cc6)nc6ccccc56)CC4)CC3)c2C)cc1. The molecular weight excluding hydrogens is 677 g/mol. The zero-order valence-corrected chi connectivity index (χ0v) is 32.6. The second-order valence-corrected chi connectivity index (χ2v) is 16.3. The predicted octanol–water partition coefficient (Wildman–Crippen LogP) is 11.0. The van der Waals surface area contributed by atoms with Crippen molar-refractivity contribution in [2.24, 2.45) is 11.8 Å². The Balaban J connectivity index is 0.862. The van der Waals surface area contributed by atoms with Crippen molar-refractivity contribution in [3.8, 4) is 22.5 Å². The van der Waals surface area contributed by atoms with Crippen LogP contribution in [0.25, 0.3) is 44.3 Å². The number of carbonyl (C=O) groups is 2. The molecule has 2 aromatic heterocycles. The number of carbonyl (C=O) groups excluding carboxylic acids is 2. The van der Waals surface area contributed by atoms with Crippen molar-refractivity contribution < 1.29 is 9.59 Å². The summed E-state index contributed by atoms with van der Waals surface area (Å²) in [4.78, 5) is 37.9. The summed E-state index contributed by atoms with van der Waals surface area (Å²) in [5, 5.41) is 8.69. The quantitative estimate of drug-likeness (QED) is 0.163. The van der Waals surface area contributed by atoms with Gasteiger partial charge in [-0.2, -0.15) is 0 Å². The summed E-state index contributed by atoms with van der Waals surface area (Å²) in [6, 6.07) is 33.1. The van der Waals surface area contributed by atoms with Crippen LogP contribution >= 0.6 is 0 Å². The Morgan fingerprint density at radius 2 is 0.873 bits per heavy atom. The highest BCUT2D eigenvalue weighted by Gasteiger charge is 2.30. The number of aromatic nitrogens is 2. The van der Waals surface area contributed by atoms with Gasteiger partial charge in [-0.05, 0) is 121 Å². The number of aryl methyl sites for hydroxylation is 2. The average Bonchev–Trinajstić information content (AvgIpc) is 3.19. The van der Waals surface area contributed by atoms with E-state index in [-0.39, 0.29) is 23.9 Å². The minimum atomic E-state index is 0.00890. The van der Waals surface area contributed by atoms with Gasteiger partial charge in [0.05, 0.1) is 33.5 Å². The number of amides is 2. The number of nitrogens with one attached hydrogen (secondary N) is 2. The lowest BCUT2D eigenvalue weighted by Gasteiger charge is -2.34. The molecule has 6 aromatic rings. The highest BCUT2D eigenvalue weighted by Crippen LogP contribution is 2.37. The van der Waals surface area contributed by atoms with Gasteiger partial charge in [0.2, 0.25) is 0 Å². The van der Waals surface area contributed by atoms with E-state index in [1.165, 1.54) is 17.5 Å². The molecule has 2 fully saturated rings. The third kappa shape index (κ3) is 7.78. The van der Waals surface area contributed by atoms with Gasteiger partial charge < -0.3 is 10.6 Å². The molecule has 0 bridgehead atoms. The molecule has 0 spiro atoms. The molecule has 0 atom stereocenters. The van der Waals surface area contributed by atoms with Crippen molar-refractivity contribution in [2.75, 3.05) is 0 Å². The molecule has 2 saturated carbocycles. The Kier molecular flexibility index (Phi) is 10.5. The van der Waals surface area contributed by atoms with Crippen LogP contribution < -0.4 is 10.6 Å². The van der Waals surface area contributed by atoms with E-state index >= 15 is 0 Å². The summed E-state index contributed by atoms with van der Waals surface area (Å²) >= 11 is 0. The molecule has 2 N–H and O–H groups in total. The number of hydrogen-bond donors (Lipinski definition) is 2. The van der Waals surface area contributed by atoms with Gasteiger partial charge in [0.1, 0.15) is 0 Å². The van der Waals surface area contributed by atoms with Gasteiger partial charge in [0.25, 0.3) is 11.8 Å². The molecule has 0 unspecified atom stereocenters. The van der Waals surface area contributed by atoms with E-state index in [1.807, 2.05) is 62.4 Å². The first kappa shape index (κ1) is 36.6. The summed E-state index contributed by atoms with van der Waals surface area (Å²) in [7, 11) is 0. The van der Waals surface area contributed by atoms with Gasteiger partial charge in [0, 0.05) is 34.0 Å². The van der Waals surface area contributed by atoms with Crippen LogP contribution in [-0.4, -0.2) is 33.9 Å². The molecule has 280 valence electrons. The van der Waals surface area contributed by atoms with Crippen LogP contribution in [0.2, 0.25) is 0 Å². The monoisotopic (exact) mass is 728 g/mol. The first-order valence-corrected chi connectivity index (χ1v) is 20.3. The Hall–Kier alpha value is -5.36. The van der Waals surface area contributed by atoms with Crippen molar-refractivity contribution in [3.05, 3.63) is 130 Å². The molecule has 6 nitrogen and oxygen atoms in total. The van der Waals surface area contributed by atoms with E-state index in [9.17, 15) is 9.59 Å². The number of para-hydroxylation sites is 2. The van der Waals surface area contributed by atoms with E-state index in [2.05, 4.69) is 73.0 Å². The molecule has 55 heavy (non-hydrogen) atoms. The van der Waals surface area contributed by atoms with E-state index in [0.29, 0.717) is 11.8 Å². The topological polar surface area (TPSA) is 84.0 Å². The smallest absolute Gasteiger partial charge is 0.252 e. The summed E-state index contributed by atoms with van der Waals surface area (Å²) in [6.07, 6.45) is 9.86. The van der Waals surface area contributed by atoms with Crippen molar-refractivity contribution in [1.82, 2.24) is 20.6 Å². The molecule has 0 radical (unpaired) electrons. The van der Waals surface area contributed by atoms with Crippen LogP contribution in [0, 0.1) is 39.5 Å². The fourth-order valence-electron chi connectivity index (χ4n) is 9.26. The van der Waals surface area contributed by atoms with Crippen molar-refractivity contribution in [1.29, 1.82) is 0 Å². The maximum Gasteiger partial charge on any atom is 0.252 e. The summed E-state index contributed by atoms with van der Waals surface area (Å²) < 4.78 is 0. The van der Waals surface area contributed by atoms with E-state index in [0.717, 1.165) is 118 Å². The number of hydrogen-bond acceptors (Lipinski definition) is 4. The van der Waals surface area contributed by atoms with Crippen molar-refractivity contribution in [3.63, 3.8) is 0 Å². The van der Waals surface area contributed by atoms with Gasteiger partial charge in [-0.1, -0.05) is 96.1 Å². The van der Waals surface area contributed by atoms with Gasteiger partial charge in [-0.25, -0.2) is 9.97 Å². The van der Waals surface area contributed by atoms with E-state index in [4.69, 9.17) is 9.97 Å². The van der Waals surface area contributed by atoms with E-state index < -0.39 is 0 Å². The number of benzene rings is 4. The highest BCUT2D eigenvalue weighted by atomic mass is 16.2. The minimum absolute atomic E-state index is 0.00890. The molecule has 2 aliphatic rings. The standard InChI is InChI=1S/C49H52N4O2/c1-30-13-21-36(22-14-30)46-32(3)44(40-9-5-7-11-42(40)52-46)48(54)50-38-25-17-34(18-26-38)29-35-19-27-39(28-20-35)51-49(55)45-33(4)47(37-23-15-31(2)16-24-37)53-43-12-8-6-10-41(43)45/h5-16,21-24,34-35,38-39H,17-20,25-29H2,1-4H3,(H,50,54)(H,51,55). The van der Waals surface area contributed by atoms with Crippen LogP contribution in [0.15, 0.2) is 97.1 Å². The van der Waals surface area contributed by atoms with Crippen LogP contribution in [0.5, 0.6) is 0 Å². The second kappa shape index (κ2) is 15.8. The van der Waals surface area contributed by atoms with Crippen LogP contribution in [0.4, 0.5) is 0 Å². The second-order valence-electron chi connectivity index (χ2n) is 16.3. The van der Waals surface area contributed by atoms with Crippen LogP contribution in [0.1, 0.15) is 101 Å². The molecular formula is C49H52N4O2. The van der Waals surface area contributed by atoms with Crippen LogP contribution in [0.3, 0.4) is 0 Å². The fourth-order valence-corrected chi connectivity index (χ4v) is 9.26. The number of nitrogens with zero attached hydrogens (tertiary/aromatic N) is 2. The minimum Gasteiger partial charge on any atom is -0.349 e. The van der Waals surface area contributed by atoms with Gasteiger partial charge in [-0.15, -0.1) is 0 Å². The van der Waals surface area contributed by atoms with Crippen LogP contribution in [-0.2, 0) is 0 Å². The molecule has 0 saturated heterocycles. The first-order chi connectivity index (χ1) is 26.7. The zero-order valence-electron chi connectivity index (χ0n) is 32.6. The number of fused-ring (bicyclic) bond motifs is 2. The lowest BCUT2D eigenvalue weighted by atomic mass is 9.75. The summed E-state index contributed by atoms with van der Waals surface area (Å²) in [5.74, 6) is 1.39. The van der Waals surface area contributed by atoms with E-state index in [1.54, 1.807) is 0 Å². The molecule has 2 amide bonds. The van der Waals surface area contributed by atoms with Gasteiger partial charge in [0.15, 0.2) is 0 Å². The maximum absolute atomic E-state index is 14.0. The van der Waals surface area contributed by atoms with Gasteiger partial charge in [-0.3, -0.25) is 9.59 Å². The number of rotatable bonds is 8. The Morgan fingerprint density at radius 3 is 1.25 bits per heavy atom. The fraction of sp³-hybridized carbons (Fsp3) is 0.347. The first-order valence-electron chi connectivity index (χ1n) is 20.3.